The largest absolute Gasteiger partial charge is 0.339 e. The number of hydrogen-bond donors (Lipinski definition) is 0. The Kier molecular flexibility index (Phi) is 11.4. The van der Waals surface area contributed by atoms with Crippen LogP contribution in [0.5, 0.6) is 0 Å². The Labute approximate surface area is 266 Å². The Hall–Kier alpha value is -3.25. The number of fused-ring (bicyclic) bond motifs is 2. The molecule has 0 aliphatic carbocycles. The number of carbonyl (C=O) groups is 1. The molecule has 2 atom stereocenters. The van der Waals surface area contributed by atoms with E-state index in [1.165, 1.54) is 35.1 Å². The monoisotopic (exact) mass is 592 g/mol. The number of amides is 1. The van der Waals surface area contributed by atoms with Crippen LogP contribution in [0.3, 0.4) is 0 Å². The molecule has 2 bridgehead atoms. The average Bonchev–Trinajstić information content (AvgIpc) is 3.27. The Morgan fingerprint density at radius 3 is 1.70 bits per heavy atom. The molecule has 0 N–H and O–H groups in total. The van der Waals surface area contributed by atoms with Gasteiger partial charge in [-0.05, 0) is 121 Å². The summed E-state index contributed by atoms with van der Waals surface area (Å²) in [4.78, 5) is 23.0. The quantitative estimate of drug-likeness (QED) is 0.208. The van der Waals surface area contributed by atoms with Crippen molar-refractivity contribution in [2.45, 2.75) is 57.0 Å². The highest BCUT2D eigenvalue weighted by Gasteiger charge is 2.39. The van der Waals surface area contributed by atoms with Crippen LogP contribution in [0.2, 0.25) is 0 Å². The molecule has 44 heavy (non-hydrogen) atoms. The summed E-state index contributed by atoms with van der Waals surface area (Å²) in [5, 5.41) is 0. The second-order valence-corrected chi connectivity index (χ2v) is 13.3. The van der Waals surface area contributed by atoms with Crippen LogP contribution in [-0.2, 0) is 6.42 Å². The first-order valence-corrected chi connectivity index (χ1v) is 16.7. The molecule has 5 heteroatoms. The van der Waals surface area contributed by atoms with Crippen LogP contribution in [0.15, 0.2) is 90.5 Å². The number of nitrogens with zero attached hydrogens (tertiary/aromatic N) is 4. The fourth-order valence-electron chi connectivity index (χ4n) is 7.19. The molecule has 5 nitrogen and oxygen atoms in total. The molecule has 3 aromatic carbocycles. The van der Waals surface area contributed by atoms with E-state index in [4.69, 9.17) is 0 Å². The Bertz CT molecular complexity index is 1320. The predicted octanol–water partition coefficient (Wildman–Crippen LogP) is 6.70. The maximum absolute atomic E-state index is 13.7. The summed E-state index contributed by atoms with van der Waals surface area (Å²) in [6.45, 7) is 4.68. The van der Waals surface area contributed by atoms with Crippen molar-refractivity contribution in [3.05, 3.63) is 113 Å². The lowest BCUT2D eigenvalue weighted by Crippen LogP contribution is -2.41. The molecule has 1 amide bonds. The zero-order valence-corrected chi connectivity index (χ0v) is 27.4. The molecular weight excluding hydrogens is 540 g/mol. The zero-order valence-electron chi connectivity index (χ0n) is 27.4. The molecule has 2 aliphatic rings. The fourth-order valence-corrected chi connectivity index (χ4v) is 7.19. The lowest BCUT2D eigenvalue weighted by molar-refractivity contribution is 0.0744. The van der Waals surface area contributed by atoms with Gasteiger partial charge in [-0.1, -0.05) is 78.4 Å². The average molecular weight is 593 g/mol. The lowest BCUT2D eigenvalue weighted by Gasteiger charge is -2.37. The van der Waals surface area contributed by atoms with Gasteiger partial charge in [-0.3, -0.25) is 9.69 Å². The smallest absolute Gasteiger partial charge is 0.253 e. The normalized spacial score (nSPS) is 18.3. The molecule has 2 fully saturated rings. The van der Waals surface area contributed by atoms with Gasteiger partial charge in [-0.15, -0.1) is 0 Å². The summed E-state index contributed by atoms with van der Waals surface area (Å²) < 4.78 is 0. The first kappa shape index (κ1) is 32.2. The zero-order chi connectivity index (χ0) is 30.9. The standard InChI is InChI=1S/C39H52N4O/c1-40(2)24-11-26-42(27-12-25-41(3)4)39(44)34-19-17-33(18-20-34)38(32-15-9-6-10-16-32)35-29-36-21-22-37(30-35)43(36)28-23-31-13-7-5-8-14-31/h5-10,13-20,36-37H,11-12,21-30H2,1-4H3. The third kappa shape index (κ3) is 8.47. The number of carbonyl (C=O) groups excluding carboxylic acids is 1. The third-order valence-electron chi connectivity index (χ3n) is 9.43. The Balaban J connectivity index is 1.35. The highest BCUT2D eigenvalue weighted by atomic mass is 16.2. The lowest BCUT2D eigenvalue weighted by atomic mass is 9.85. The van der Waals surface area contributed by atoms with Crippen molar-refractivity contribution in [3.8, 4) is 0 Å². The van der Waals surface area contributed by atoms with E-state index in [9.17, 15) is 4.79 Å². The molecule has 3 aromatic rings. The summed E-state index contributed by atoms with van der Waals surface area (Å²) >= 11 is 0. The minimum atomic E-state index is 0.146. The van der Waals surface area contributed by atoms with E-state index < -0.39 is 0 Å². The third-order valence-corrected chi connectivity index (χ3v) is 9.43. The van der Waals surface area contributed by atoms with Gasteiger partial charge in [0.1, 0.15) is 0 Å². The Morgan fingerprint density at radius 2 is 1.16 bits per heavy atom. The van der Waals surface area contributed by atoms with Gasteiger partial charge in [-0.2, -0.15) is 0 Å². The van der Waals surface area contributed by atoms with Crippen molar-refractivity contribution >= 4 is 11.5 Å². The summed E-state index contributed by atoms with van der Waals surface area (Å²) in [7, 11) is 8.37. The van der Waals surface area contributed by atoms with Gasteiger partial charge in [0.25, 0.3) is 5.91 Å². The first-order chi connectivity index (χ1) is 21.4. The van der Waals surface area contributed by atoms with Crippen LogP contribution >= 0.6 is 0 Å². The highest BCUT2D eigenvalue weighted by molar-refractivity contribution is 5.95. The van der Waals surface area contributed by atoms with Gasteiger partial charge in [0, 0.05) is 37.3 Å². The Morgan fingerprint density at radius 1 is 0.659 bits per heavy atom. The van der Waals surface area contributed by atoms with E-state index in [2.05, 4.69) is 133 Å². The van der Waals surface area contributed by atoms with Crippen molar-refractivity contribution in [1.82, 2.24) is 19.6 Å². The minimum absolute atomic E-state index is 0.146. The van der Waals surface area contributed by atoms with Crippen molar-refractivity contribution in [1.29, 1.82) is 0 Å². The van der Waals surface area contributed by atoms with Crippen molar-refractivity contribution in [2.75, 3.05) is 60.9 Å². The molecule has 0 aromatic heterocycles. The molecule has 2 saturated heterocycles. The van der Waals surface area contributed by atoms with Gasteiger partial charge in [0.15, 0.2) is 0 Å². The van der Waals surface area contributed by atoms with Crippen molar-refractivity contribution < 1.29 is 4.79 Å². The molecule has 0 saturated carbocycles. The fraction of sp³-hybridized carbons (Fsp3) is 0.462. The van der Waals surface area contributed by atoms with Crippen LogP contribution in [0, 0.1) is 0 Å². The molecule has 2 heterocycles. The van der Waals surface area contributed by atoms with E-state index in [0.29, 0.717) is 12.1 Å². The van der Waals surface area contributed by atoms with E-state index in [0.717, 1.165) is 70.4 Å². The highest BCUT2D eigenvalue weighted by Crippen LogP contribution is 2.43. The predicted molar refractivity (Wildman–Crippen MR) is 184 cm³/mol. The van der Waals surface area contributed by atoms with Gasteiger partial charge in [0.05, 0.1) is 0 Å². The van der Waals surface area contributed by atoms with E-state index in [1.807, 2.05) is 0 Å². The molecule has 234 valence electrons. The van der Waals surface area contributed by atoms with Gasteiger partial charge < -0.3 is 14.7 Å². The van der Waals surface area contributed by atoms with E-state index in [-0.39, 0.29) is 5.91 Å². The second-order valence-electron chi connectivity index (χ2n) is 13.3. The summed E-state index contributed by atoms with van der Waals surface area (Å²) in [6, 6.07) is 31.6. The molecule has 0 radical (unpaired) electrons. The van der Waals surface area contributed by atoms with Crippen LogP contribution in [0.4, 0.5) is 0 Å². The number of hydrogen-bond acceptors (Lipinski definition) is 4. The maximum Gasteiger partial charge on any atom is 0.253 e. The number of piperidine rings is 1. The van der Waals surface area contributed by atoms with Gasteiger partial charge in [-0.25, -0.2) is 0 Å². The SMILES string of the molecule is CN(C)CCCN(CCCN(C)C)C(=O)c1ccc(C(=C2CC3CCC(C2)N3CCc2ccccc2)c2ccccc2)cc1. The van der Waals surface area contributed by atoms with Crippen LogP contribution in [0.1, 0.15) is 65.6 Å². The number of rotatable bonds is 14. The molecule has 0 spiro atoms. The van der Waals surface area contributed by atoms with E-state index in [1.54, 1.807) is 5.57 Å². The minimum Gasteiger partial charge on any atom is -0.339 e. The maximum atomic E-state index is 13.7. The molecule has 2 unspecified atom stereocenters. The van der Waals surface area contributed by atoms with Gasteiger partial charge in [0.2, 0.25) is 0 Å². The first-order valence-electron chi connectivity index (χ1n) is 16.7. The van der Waals surface area contributed by atoms with Crippen LogP contribution in [-0.4, -0.2) is 98.5 Å². The van der Waals surface area contributed by atoms with E-state index >= 15 is 0 Å². The summed E-state index contributed by atoms with van der Waals surface area (Å²) in [5.41, 5.74) is 7.68. The summed E-state index contributed by atoms with van der Waals surface area (Å²) in [6.07, 6.45) is 7.91. The molecular formula is C39H52N4O. The topological polar surface area (TPSA) is 30.0 Å². The van der Waals surface area contributed by atoms with Crippen molar-refractivity contribution in [3.63, 3.8) is 0 Å². The second kappa shape index (κ2) is 15.7. The summed E-state index contributed by atoms with van der Waals surface area (Å²) in [5.74, 6) is 0.146. The molecule has 5 rings (SSSR count). The number of benzene rings is 3. The molecule has 2 aliphatic heterocycles. The van der Waals surface area contributed by atoms with Crippen LogP contribution in [0.25, 0.3) is 5.57 Å². The van der Waals surface area contributed by atoms with Crippen molar-refractivity contribution in [2.24, 2.45) is 0 Å². The van der Waals surface area contributed by atoms with Gasteiger partial charge >= 0.3 is 0 Å². The van der Waals surface area contributed by atoms with Crippen LogP contribution < -0.4 is 0 Å².